The van der Waals surface area contributed by atoms with Crippen molar-refractivity contribution in [3.05, 3.63) is 35.9 Å². The Morgan fingerprint density at radius 2 is 1.89 bits per heavy atom. The number of carbonyl (C=O) groups excluding carboxylic acids is 1. The Morgan fingerprint density at radius 3 is 2.56 bits per heavy atom. The van der Waals surface area contributed by atoms with E-state index in [1.165, 1.54) is 12.0 Å². The van der Waals surface area contributed by atoms with Gasteiger partial charge in [0.1, 0.15) is 0 Å². The van der Waals surface area contributed by atoms with Crippen molar-refractivity contribution in [3.8, 4) is 0 Å². The molecule has 1 aromatic rings. The van der Waals surface area contributed by atoms with Crippen LogP contribution < -0.4 is 11.1 Å². The predicted octanol–water partition coefficient (Wildman–Crippen LogP) is 2.01. The Bertz CT molecular complexity index is 385. The Morgan fingerprint density at radius 1 is 1.17 bits per heavy atom. The summed E-state index contributed by atoms with van der Waals surface area (Å²) in [5.41, 5.74) is 6.66. The number of aryl methyl sites for hydroxylation is 1. The van der Waals surface area contributed by atoms with Gasteiger partial charge in [-0.2, -0.15) is 0 Å². The highest BCUT2D eigenvalue weighted by Crippen LogP contribution is 2.31. The molecule has 0 aromatic heterocycles. The number of amides is 1. The van der Waals surface area contributed by atoms with Crippen LogP contribution >= 0.6 is 0 Å². The maximum Gasteiger partial charge on any atom is 0.240 e. The maximum atomic E-state index is 11.5. The lowest BCUT2D eigenvalue weighted by Crippen LogP contribution is -2.42. The molecule has 0 unspecified atom stereocenters. The molecule has 0 heterocycles. The first-order valence-electron chi connectivity index (χ1n) is 6.82. The molecule has 0 spiro atoms. The van der Waals surface area contributed by atoms with E-state index in [0.717, 1.165) is 38.6 Å². The number of unbranched alkanes of at least 4 members (excludes halogenated alkanes) is 2. The summed E-state index contributed by atoms with van der Waals surface area (Å²) in [6.07, 6.45) is 6.16. The first-order valence-corrected chi connectivity index (χ1v) is 6.82. The number of nitrogens with two attached hydrogens (primary N) is 1. The van der Waals surface area contributed by atoms with E-state index < -0.39 is 5.54 Å². The second kappa shape index (κ2) is 6.01. The highest BCUT2D eigenvalue weighted by Gasteiger charge is 2.45. The number of rotatable bonds is 7. The summed E-state index contributed by atoms with van der Waals surface area (Å²) in [7, 11) is 0. The van der Waals surface area contributed by atoms with E-state index in [9.17, 15) is 4.79 Å². The van der Waals surface area contributed by atoms with Crippen molar-refractivity contribution in [2.75, 3.05) is 6.54 Å². The van der Waals surface area contributed by atoms with Crippen LogP contribution in [0.25, 0.3) is 0 Å². The van der Waals surface area contributed by atoms with Crippen molar-refractivity contribution in [1.82, 2.24) is 5.32 Å². The van der Waals surface area contributed by atoms with Crippen molar-refractivity contribution in [1.29, 1.82) is 0 Å². The molecule has 1 saturated carbocycles. The number of benzene rings is 1. The van der Waals surface area contributed by atoms with Gasteiger partial charge in [-0.15, -0.1) is 0 Å². The molecule has 1 aromatic carbocycles. The minimum absolute atomic E-state index is 0.0329. The van der Waals surface area contributed by atoms with Crippen molar-refractivity contribution < 1.29 is 4.79 Å². The molecule has 0 radical (unpaired) electrons. The normalized spacial score (nSPS) is 16.3. The zero-order valence-corrected chi connectivity index (χ0v) is 10.8. The number of carbonyl (C=O) groups is 1. The van der Waals surface area contributed by atoms with Crippen LogP contribution in [-0.4, -0.2) is 18.0 Å². The van der Waals surface area contributed by atoms with Gasteiger partial charge in [-0.05, 0) is 37.7 Å². The van der Waals surface area contributed by atoms with E-state index in [-0.39, 0.29) is 5.91 Å². The van der Waals surface area contributed by atoms with Gasteiger partial charge in [-0.3, -0.25) is 4.79 Å². The molecule has 3 heteroatoms. The summed E-state index contributed by atoms with van der Waals surface area (Å²) in [5.74, 6) is 0.0329. The largest absolute Gasteiger partial charge is 0.355 e. The van der Waals surface area contributed by atoms with Crippen LogP contribution in [0.2, 0.25) is 0 Å². The van der Waals surface area contributed by atoms with Gasteiger partial charge >= 0.3 is 0 Å². The minimum atomic E-state index is -0.524. The molecule has 1 amide bonds. The van der Waals surface area contributed by atoms with Crippen molar-refractivity contribution in [3.63, 3.8) is 0 Å². The zero-order valence-electron chi connectivity index (χ0n) is 10.8. The molecule has 0 atom stereocenters. The third-order valence-electron chi connectivity index (χ3n) is 3.51. The average Bonchev–Trinajstić information content (AvgIpc) is 3.14. The van der Waals surface area contributed by atoms with Gasteiger partial charge in [0.25, 0.3) is 0 Å². The number of hydrogen-bond donors (Lipinski definition) is 2. The van der Waals surface area contributed by atoms with E-state index in [1.54, 1.807) is 0 Å². The second-order valence-corrected chi connectivity index (χ2v) is 5.21. The monoisotopic (exact) mass is 246 g/mol. The Labute approximate surface area is 109 Å². The van der Waals surface area contributed by atoms with Gasteiger partial charge in [-0.25, -0.2) is 0 Å². The topological polar surface area (TPSA) is 55.1 Å². The van der Waals surface area contributed by atoms with Gasteiger partial charge in [0, 0.05) is 6.54 Å². The highest BCUT2D eigenvalue weighted by atomic mass is 16.2. The van der Waals surface area contributed by atoms with Gasteiger partial charge < -0.3 is 11.1 Å². The summed E-state index contributed by atoms with van der Waals surface area (Å²) >= 11 is 0. The lowest BCUT2D eigenvalue weighted by Gasteiger charge is -2.09. The van der Waals surface area contributed by atoms with Crippen molar-refractivity contribution in [2.45, 2.75) is 44.1 Å². The quantitative estimate of drug-likeness (QED) is 0.723. The molecule has 1 aliphatic rings. The molecule has 0 aliphatic heterocycles. The second-order valence-electron chi connectivity index (χ2n) is 5.21. The highest BCUT2D eigenvalue weighted by molar-refractivity contribution is 5.88. The molecular weight excluding hydrogens is 224 g/mol. The van der Waals surface area contributed by atoms with Crippen LogP contribution in [-0.2, 0) is 11.2 Å². The third-order valence-corrected chi connectivity index (χ3v) is 3.51. The molecule has 3 nitrogen and oxygen atoms in total. The van der Waals surface area contributed by atoms with Crippen LogP contribution in [0.4, 0.5) is 0 Å². The standard InChI is InChI=1S/C15H22N2O/c16-15(10-11-15)14(18)17-12-6-2-5-9-13-7-3-1-4-8-13/h1,3-4,7-8H,2,5-6,9-12,16H2,(H,17,18). The number of nitrogens with one attached hydrogen (secondary N) is 1. The summed E-state index contributed by atoms with van der Waals surface area (Å²) in [6, 6.07) is 10.5. The SMILES string of the molecule is NC1(C(=O)NCCCCCc2ccccc2)CC1. The first-order chi connectivity index (χ1) is 8.71. The minimum Gasteiger partial charge on any atom is -0.355 e. The van der Waals surface area contributed by atoms with Crippen LogP contribution in [0.3, 0.4) is 0 Å². The van der Waals surface area contributed by atoms with E-state index in [2.05, 4.69) is 29.6 Å². The molecule has 0 bridgehead atoms. The Balaban J connectivity index is 1.50. The summed E-state index contributed by atoms with van der Waals surface area (Å²) in [4.78, 5) is 11.5. The van der Waals surface area contributed by atoms with Gasteiger partial charge in [-0.1, -0.05) is 36.8 Å². The Hall–Kier alpha value is -1.35. The fraction of sp³-hybridized carbons (Fsp3) is 0.533. The van der Waals surface area contributed by atoms with Crippen LogP contribution in [0, 0.1) is 0 Å². The smallest absolute Gasteiger partial charge is 0.240 e. The predicted molar refractivity (Wildman–Crippen MR) is 73.2 cm³/mol. The average molecular weight is 246 g/mol. The first kappa shape index (κ1) is 13.1. The maximum absolute atomic E-state index is 11.5. The van der Waals surface area contributed by atoms with Crippen LogP contribution in [0.1, 0.15) is 37.7 Å². The molecular formula is C15H22N2O. The molecule has 3 N–H and O–H groups in total. The van der Waals surface area contributed by atoms with E-state index in [1.807, 2.05) is 6.07 Å². The molecule has 18 heavy (non-hydrogen) atoms. The molecule has 1 fully saturated rings. The van der Waals surface area contributed by atoms with E-state index in [0.29, 0.717) is 0 Å². The van der Waals surface area contributed by atoms with E-state index >= 15 is 0 Å². The fourth-order valence-corrected chi connectivity index (χ4v) is 2.02. The fourth-order valence-electron chi connectivity index (χ4n) is 2.02. The lowest BCUT2D eigenvalue weighted by molar-refractivity contribution is -0.123. The Kier molecular flexibility index (Phi) is 4.37. The molecule has 98 valence electrons. The summed E-state index contributed by atoms with van der Waals surface area (Å²) in [6.45, 7) is 0.757. The zero-order chi connectivity index (χ0) is 12.8. The van der Waals surface area contributed by atoms with Crippen molar-refractivity contribution >= 4 is 5.91 Å². The van der Waals surface area contributed by atoms with Crippen LogP contribution in [0.5, 0.6) is 0 Å². The van der Waals surface area contributed by atoms with Crippen molar-refractivity contribution in [2.24, 2.45) is 5.73 Å². The summed E-state index contributed by atoms with van der Waals surface area (Å²) in [5, 5.41) is 2.92. The van der Waals surface area contributed by atoms with Gasteiger partial charge in [0.15, 0.2) is 0 Å². The molecule has 1 aliphatic carbocycles. The molecule has 0 saturated heterocycles. The van der Waals surface area contributed by atoms with Gasteiger partial charge in [0.2, 0.25) is 5.91 Å². The van der Waals surface area contributed by atoms with E-state index in [4.69, 9.17) is 5.73 Å². The third kappa shape index (κ3) is 3.84. The lowest BCUT2D eigenvalue weighted by atomic mass is 10.1. The molecule has 2 rings (SSSR count). The van der Waals surface area contributed by atoms with Gasteiger partial charge in [0.05, 0.1) is 5.54 Å². The number of hydrogen-bond acceptors (Lipinski definition) is 2. The summed E-state index contributed by atoms with van der Waals surface area (Å²) < 4.78 is 0. The van der Waals surface area contributed by atoms with Crippen LogP contribution in [0.15, 0.2) is 30.3 Å².